The van der Waals surface area contributed by atoms with E-state index in [0.29, 0.717) is 19.8 Å². The molecule has 1 saturated carbocycles. The molecule has 0 heterocycles. The van der Waals surface area contributed by atoms with Gasteiger partial charge in [-0.05, 0) is 19.8 Å². The van der Waals surface area contributed by atoms with Gasteiger partial charge in [-0.25, -0.2) is 0 Å². The third-order valence-corrected chi connectivity index (χ3v) is 3.07. The summed E-state index contributed by atoms with van der Waals surface area (Å²) >= 11 is 0. The first kappa shape index (κ1) is 13.5. The number of nitrogens with two attached hydrogens (primary N) is 1. The SMILES string of the molecule is CCOCCOC(=O)C1(N)CCCCCC1. The van der Waals surface area contributed by atoms with E-state index < -0.39 is 5.54 Å². The monoisotopic (exact) mass is 229 g/mol. The van der Waals surface area contributed by atoms with Crippen LogP contribution in [0.25, 0.3) is 0 Å². The molecule has 0 bridgehead atoms. The van der Waals surface area contributed by atoms with Crippen molar-refractivity contribution in [3.05, 3.63) is 0 Å². The van der Waals surface area contributed by atoms with Crippen molar-refractivity contribution in [1.82, 2.24) is 0 Å². The van der Waals surface area contributed by atoms with Gasteiger partial charge in [0.15, 0.2) is 0 Å². The quantitative estimate of drug-likeness (QED) is 0.442. The summed E-state index contributed by atoms with van der Waals surface area (Å²) in [5, 5.41) is 0. The second-order valence-electron chi connectivity index (χ2n) is 4.40. The van der Waals surface area contributed by atoms with Crippen LogP contribution in [0.3, 0.4) is 0 Å². The van der Waals surface area contributed by atoms with E-state index in [1.807, 2.05) is 6.92 Å². The standard InChI is InChI=1S/C12H23NO3/c1-2-15-9-10-16-11(14)12(13)7-5-3-4-6-8-12/h2-10,13H2,1H3. The van der Waals surface area contributed by atoms with Gasteiger partial charge in [-0.1, -0.05) is 25.7 Å². The van der Waals surface area contributed by atoms with E-state index in [-0.39, 0.29) is 5.97 Å². The van der Waals surface area contributed by atoms with Gasteiger partial charge in [0.2, 0.25) is 0 Å². The van der Waals surface area contributed by atoms with Crippen LogP contribution in [-0.2, 0) is 14.3 Å². The Kier molecular flexibility index (Phi) is 5.77. The van der Waals surface area contributed by atoms with Gasteiger partial charge in [-0.3, -0.25) is 4.79 Å². The molecule has 0 aliphatic heterocycles. The molecule has 0 aromatic rings. The molecule has 2 N–H and O–H groups in total. The summed E-state index contributed by atoms with van der Waals surface area (Å²) in [5.74, 6) is -0.255. The normalized spacial score (nSPS) is 20.1. The Hall–Kier alpha value is -0.610. The second kappa shape index (κ2) is 6.86. The van der Waals surface area contributed by atoms with Crippen molar-refractivity contribution in [3.63, 3.8) is 0 Å². The van der Waals surface area contributed by atoms with Crippen LogP contribution in [0.15, 0.2) is 0 Å². The Bertz CT molecular complexity index is 210. The third kappa shape index (κ3) is 4.10. The van der Waals surface area contributed by atoms with Crippen LogP contribution >= 0.6 is 0 Å². The smallest absolute Gasteiger partial charge is 0.326 e. The van der Waals surface area contributed by atoms with Crippen molar-refractivity contribution < 1.29 is 14.3 Å². The first-order chi connectivity index (χ1) is 7.69. The number of hydrogen-bond donors (Lipinski definition) is 1. The molecular weight excluding hydrogens is 206 g/mol. The fourth-order valence-corrected chi connectivity index (χ4v) is 2.04. The predicted octanol–water partition coefficient (Wildman–Crippen LogP) is 1.62. The van der Waals surface area contributed by atoms with Gasteiger partial charge in [0, 0.05) is 6.61 Å². The Morgan fingerprint density at radius 3 is 2.38 bits per heavy atom. The maximum Gasteiger partial charge on any atom is 0.326 e. The zero-order valence-corrected chi connectivity index (χ0v) is 10.2. The molecule has 4 heteroatoms. The van der Waals surface area contributed by atoms with Crippen molar-refractivity contribution in [3.8, 4) is 0 Å². The van der Waals surface area contributed by atoms with Crippen molar-refractivity contribution in [2.75, 3.05) is 19.8 Å². The fourth-order valence-electron chi connectivity index (χ4n) is 2.04. The minimum atomic E-state index is -0.747. The molecule has 1 aliphatic carbocycles. The van der Waals surface area contributed by atoms with Crippen molar-refractivity contribution in [1.29, 1.82) is 0 Å². The molecule has 1 aliphatic rings. The van der Waals surface area contributed by atoms with Crippen LogP contribution < -0.4 is 5.73 Å². The van der Waals surface area contributed by atoms with Gasteiger partial charge in [0.05, 0.1) is 6.61 Å². The molecule has 0 amide bonds. The molecule has 0 aromatic heterocycles. The zero-order valence-electron chi connectivity index (χ0n) is 10.2. The van der Waals surface area contributed by atoms with Gasteiger partial charge in [-0.15, -0.1) is 0 Å². The maximum absolute atomic E-state index is 11.8. The highest BCUT2D eigenvalue weighted by atomic mass is 16.6. The van der Waals surface area contributed by atoms with Crippen molar-refractivity contribution in [2.24, 2.45) is 5.73 Å². The second-order valence-corrected chi connectivity index (χ2v) is 4.40. The maximum atomic E-state index is 11.8. The van der Waals surface area contributed by atoms with Crippen LogP contribution in [0.5, 0.6) is 0 Å². The van der Waals surface area contributed by atoms with E-state index >= 15 is 0 Å². The number of hydrogen-bond acceptors (Lipinski definition) is 4. The Morgan fingerprint density at radius 1 is 1.19 bits per heavy atom. The summed E-state index contributed by atoms with van der Waals surface area (Å²) < 4.78 is 10.3. The summed E-state index contributed by atoms with van der Waals surface area (Å²) in [7, 11) is 0. The van der Waals surface area contributed by atoms with Gasteiger partial charge in [0.25, 0.3) is 0 Å². The molecular formula is C12H23NO3. The lowest BCUT2D eigenvalue weighted by Gasteiger charge is -2.25. The highest BCUT2D eigenvalue weighted by Gasteiger charge is 2.35. The van der Waals surface area contributed by atoms with Gasteiger partial charge in [0.1, 0.15) is 12.1 Å². The van der Waals surface area contributed by atoms with Gasteiger partial charge in [-0.2, -0.15) is 0 Å². The Morgan fingerprint density at radius 2 is 1.81 bits per heavy atom. The van der Waals surface area contributed by atoms with Crippen LogP contribution in [0.4, 0.5) is 0 Å². The zero-order chi connectivity index (χ0) is 11.9. The Labute approximate surface area is 97.5 Å². The summed E-state index contributed by atoms with van der Waals surface area (Å²) in [5.41, 5.74) is 5.35. The molecule has 94 valence electrons. The highest BCUT2D eigenvalue weighted by Crippen LogP contribution is 2.25. The lowest BCUT2D eigenvalue weighted by molar-refractivity contribution is -0.152. The molecule has 0 radical (unpaired) electrons. The number of ether oxygens (including phenoxy) is 2. The predicted molar refractivity (Wildman–Crippen MR) is 62.1 cm³/mol. The summed E-state index contributed by atoms with van der Waals surface area (Å²) in [6, 6.07) is 0. The summed E-state index contributed by atoms with van der Waals surface area (Å²) in [6.45, 7) is 3.33. The average molecular weight is 229 g/mol. The number of carbonyl (C=O) groups excluding carboxylic acids is 1. The van der Waals surface area contributed by atoms with E-state index in [4.69, 9.17) is 15.2 Å². The fraction of sp³-hybridized carbons (Fsp3) is 0.917. The average Bonchev–Trinajstić information content (AvgIpc) is 2.50. The number of carbonyl (C=O) groups is 1. The summed E-state index contributed by atoms with van der Waals surface area (Å²) in [4.78, 5) is 11.8. The molecule has 0 atom stereocenters. The highest BCUT2D eigenvalue weighted by molar-refractivity contribution is 5.80. The van der Waals surface area contributed by atoms with Crippen LogP contribution in [0.2, 0.25) is 0 Å². The summed E-state index contributed by atoms with van der Waals surface area (Å²) in [6.07, 6.45) is 5.89. The topological polar surface area (TPSA) is 61.5 Å². The molecule has 1 rings (SSSR count). The van der Waals surface area contributed by atoms with Gasteiger partial charge >= 0.3 is 5.97 Å². The molecule has 0 saturated heterocycles. The van der Waals surface area contributed by atoms with Crippen LogP contribution in [-0.4, -0.2) is 31.3 Å². The van der Waals surface area contributed by atoms with E-state index in [1.165, 1.54) is 12.8 Å². The van der Waals surface area contributed by atoms with E-state index in [9.17, 15) is 4.79 Å². The van der Waals surface area contributed by atoms with Crippen molar-refractivity contribution in [2.45, 2.75) is 51.0 Å². The van der Waals surface area contributed by atoms with Crippen molar-refractivity contribution >= 4 is 5.97 Å². The van der Waals surface area contributed by atoms with E-state index in [2.05, 4.69) is 0 Å². The molecule has 16 heavy (non-hydrogen) atoms. The molecule has 4 nitrogen and oxygen atoms in total. The third-order valence-electron chi connectivity index (χ3n) is 3.07. The van der Waals surface area contributed by atoms with Crippen LogP contribution in [0.1, 0.15) is 45.4 Å². The minimum Gasteiger partial charge on any atom is -0.462 e. The lowest BCUT2D eigenvalue weighted by Crippen LogP contribution is -2.48. The first-order valence-electron chi connectivity index (χ1n) is 6.23. The lowest BCUT2D eigenvalue weighted by atomic mass is 9.92. The number of rotatable bonds is 5. The molecule has 0 aromatic carbocycles. The number of esters is 1. The van der Waals surface area contributed by atoms with E-state index in [1.54, 1.807) is 0 Å². The molecule has 1 fully saturated rings. The van der Waals surface area contributed by atoms with Crippen LogP contribution in [0, 0.1) is 0 Å². The first-order valence-corrected chi connectivity index (χ1v) is 6.23. The van der Waals surface area contributed by atoms with E-state index in [0.717, 1.165) is 25.7 Å². The van der Waals surface area contributed by atoms with Gasteiger partial charge < -0.3 is 15.2 Å². The molecule has 0 unspecified atom stereocenters. The largest absolute Gasteiger partial charge is 0.462 e. The Balaban J connectivity index is 2.32. The minimum absolute atomic E-state index is 0.255. The molecule has 0 spiro atoms.